The highest BCUT2D eigenvalue weighted by molar-refractivity contribution is 5.22. The van der Waals surface area contributed by atoms with Crippen LogP contribution in [0.2, 0.25) is 0 Å². The molecule has 0 unspecified atom stereocenters. The summed E-state index contributed by atoms with van der Waals surface area (Å²) in [5.74, 6) is -1.67. The van der Waals surface area contributed by atoms with Crippen molar-refractivity contribution in [3.05, 3.63) is 35.4 Å². The Hall–Kier alpha value is -1.04. The van der Waals surface area contributed by atoms with E-state index in [1.807, 2.05) is 6.92 Å². The van der Waals surface area contributed by atoms with Crippen LogP contribution in [0.25, 0.3) is 0 Å². The van der Waals surface area contributed by atoms with Crippen LogP contribution in [0.4, 0.5) is 8.78 Å². The fraction of sp³-hybridized carbons (Fsp3) is 0.571. The van der Waals surface area contributed by atoms with Gasteiger partial charge in [0, 0.05) is 25.8 Å². The minimum Gasteiger partial charge on any atom is -0.383 e. The van der Waals surface area contributed by atoms with Crippen LogP contribution in [0.5, 0.6) is 0 Å². The number of rotatable bonds is 5. The van der Waals surface area contributed by atoms with Crippen molar-refractivity contribution in [1.82, 2.24) is 5.32 Å². The molecule has 2 rings (SSSR count). The highest BCUT2D eigenvalue weighted by Gasteiger charge is 2.30. The second-order valence-electron chi connectivity index (χ2n) is 4.88. The maximum atomic E-state index is 13.3. The van der Waals surface area contributed by atoms with Gasteiger partial charge in [-0.2, -0.15) is 0 Å². The normalized spacial score (nSPS) is 24.6. The lowest BCUT2D eigenvalue weighted by atomic mass is 10.0. The van der Waals surface area contributed by atoms with Crippen LogP contribution in [0.1, 0.15) is 25.0 Å². The lowest BCUT2D eigenvalue weighted by Crippen LogP contribution is -2.40. The summed E-state index contributed by atoms with van der Waals surface area (Å²) < 4.78 is 36.9. The van der Waals surface area contributed by atoms with Gasteiger partial charge in [0.05, 0.1) is 12.7 Å². The third-order valence-electron chi connectivity index (χ3n) is 3.28. The van der Waals surface area contributed by atoms with Crippen LogP contribution in [-0.2, 0) is 9.47 Å². The molecule has 19 heavy (non-hydrogen) atoms. The minimum atomic E-state index is -0.836. The molecule has 5 heteroatoms. The zero-order valence-corrected chi connectivity index (χ0v) is 11.2. The van der Waals surface area contributed by atoms with E-state index >= 15 is 0 Å². The summed E-state index contributed by atoms with van der Waals surface area (Å²) in [5.41, 5.74) is 0.665. The molecule has 1 aromatic rings. The first-order chi connectivity index (χ1) is 9.11. The van der Waals surface area contributed by atoms with Crippen LogP contribution < -0.4 is 5.32 Å². The molecule has 0 aromatic heterocycles. The molecule has 1 aliphatic heterocycles. The zero-order valence-electron chi connectivity index (χ0n) is 11.2. The van der Waals surface area contributed by atoms with Gasteiger partial charge in [-0.1, -0.05) is 6.07 Å². The molecule has 1 heterocycles. The van der Waals surface area contributed by atoms with Gasteiger partial charge in [-0.3, -0.25) is 0 Å². The Bertz CT molecular complexity index is 428. The maximum Gasteiger partial charge on any atom is 0.159 e. The summed E-state index contributed by atoms with van der Waals surface area (Å²) in [4.78, 5) is 0. The van der Waals surface area contributed by atoms with E-state index < -0.39 is 11.6 Å². The van der Waals surface area contributed by atoms with E-state index in [4.69, 9.17) is 9.47 Å². The fourth-order valence-electron chi connectivity index (χ4n) is 2.44. The first-order valence-corrected chi connectivity index (χ1v) is 6.43. The van der Waals surface area contributed by atoms with Gasteiger partial charge < -0.3 is 14.8 Å². The second kappa shape index (κ2) is 6.41. The summed E-state index contributed by atoms with van der Waals surface area (Å²) in [5, 5.41) is 3.40. The molecular formula is C14H19F2NO2. The third-order valence-corrected chi connectivity index (χ3v) is 3.28. The van der Waals surface area contributed by atoms with Crippen LogP contribution in [0.15, 0.2) is 18.2 Å². The Kier molecular flexibility index (Phi) is 4.85. The number of nitrogens with one attached hydrogen (secondary N) is 1. The molecule has 0 bridgehead atoms. The summed E-state index contributed by atoms with van der Waals surface area (Å²) >= 11 is 0. The van der Waals surface area contributed by atoms with E-state index in [1.165, 1.54) is 6.07 Å². The largest absolute Gasteiger partial charge is 0.383 e. The van der Waals surface area contributed by atoms with Crippen LogP contribution in [0, 0.1) is 11.6 Å². The molecule has 1 fully saturated rings. The van der Waals surface area contributed by atoms with Gasteiger partial charge in [-0.15, -0.1) is 0 Å². The molecule has 1 saturated heterocycles. The summed E-state index contributed by atoms with van der Waals surface area (Å²) in [7, 11) is 1.65. The van der Waals surface area contributed by atoms with Crippen molar-refractivity contribution in [3.8, 4) is 0 Å². The van der Waals surface area contributed by atoms with E-state index in [0.29, 0.717) is 18.8 Å². The van der Waals surface area contributed by atoms with E-state index in [-0.39, 0.29) is 18.2 Å². The Labute approximate surface area is 111 Å². The molecule has 0 spiro atoms. The van der Waals surface area contributed by atoms with Gasteiger partial charge in [-0.05, 0) is 31.0 Å². The van der Waals surface area contributed by atoms with Gasteiger partial charge >= 0.3 is 0 Å². The van der Waals surface area contributed by atoms with Crippen molar-refractivity contribution < 1.29 is 18.3 Å². The summed E-state index contributed by atoms with van der Waals surface area (Å²) in [6.07, 6.45) is 0.604. The number of ether oxygens (including phenoxy) is 2. The van der Waals surface area contributed by atoms with E-state index in [1.54, 1.807) is 13.2 Å². The maximum absolute atomic E-state index is 13.3. The van der Waals surface area contributed by atoms with Crippen LogP contribution in [0.3, 0.4) is 0 Å². The summed E-state index contributed by atoms with van der Waals surface area (Å²) in [6, 6.07) is 4.20. The van der Waals surface area contributed by atoms with Crippen molar-refractivity contribution in [2.75, 3.05) is 20.3 Å². The molecular weight excluding hydrogens is 252 g/mol. The van der Waals surface area contributed by atoms with Gasteiger partial charge in [0.1, 0.15) is 0 Å². The average Bonchev–Trinajstić information content (AvgIpc) is 2.81. The van der Waals surface area contributed by atoms with E-state index in [9.17, 15) is 8.78 Å². The van der Waals surface area contributed by atoms with Crippen molar-refractivity contribution in [3.63, 3.8) is 0 Å². The molecule has 0 aliphatic carbocycles. The standard InChI is InChI=1S/C14H19F2NO2/c1-9(8-18-2)17-13-5-6-19-14(13)10-3-4-11(15)12(16)7-10/h3-4,7,9,13-14,17H,5-6,8H2,1-2H3/t9-,13+,14-/m0/s1. The highest BCUT2D eigenvalue weighted by atomic mass is 19.2. The zero-order chi connectivity index (χ0) is 13.8. The van der Waals surface area contributed by atoms with E-state index in [0.717, 1.165) is 12.5 Å². The number of hydrogen-bond donors (Lipinski definition) is 1. The molecule has 0 saturated carbocycles. The Morgan fingerprint density at radius 3 is 2.89 bits per heavy atom. The topological polar surface area (TPSA) is 30.5 Å². The third kappa shape index (κ3) is 3.49. The molecule has 1 aliphatic rings. The first-order valence-electron chi connectivity index (χ1n) is 6.43. The van der Waals surface area contributed by atoms with Gasteiger partial charge in [0.2, 0.25) is 0 Å². The predicted molar refractivity (Wildman–Crippen MR) is 67.9 cm³/mol. The molecule has 1 aromatic carbocycles. The lowest BCUT2D eigenvalue weighted by molar-refractivity contribution is 0.0910. The Balaban J connectivity index is 2.07. The molecule has 3 nitrogen and oxygen atoms in total. The molecule has 3 atom stereocenters. The number of halogens is 2. The second-order valence-corrected chi connectivity index (χ2v) is 4.88. The Morgan fingerprint density at radius 2 is 2.21 bits per heavy atom. The molecule has 0 radical (unpaired) electrons. The van der Waals surface area contributed by atoms with Crippen molar-refractivity contribution in [2.24, 2.45) is 0 Å². The molecule has 0 amide bonds. The van der Waals surface area contributed by atoms with Crippen molar-refractivity contribution >= 4 is 0 Å². The smallest absolute Gasteiger partial charge is 0.159 e. The van der Waals surface area contributed by atoms with Crippen LogP contribution in [-0.4, -0.2) is 32.4 Å². The highest BCUT2D eigenvalue weighted by Crippen LogP contribution is 2.30. The number of benzene rings is 1. The fourth-order valence-corrected chi connectivity index (χ4v) is 2.44. The SMILES string of the molecule is COC[C@H](C)N[C@@H]1CCO[C@H]1c1ccc(F)c(F)c1. The average molecular weight is 271 g/mol. The van der Waals surface area contributed by atoms with Gasteiger partial charge in [0.25, 0.3) is 0 Å². The predicted octanol–water partition coefficient (Wildman–Crippen LogP) is 2.42. The van der Waals surface area contributed by atoms with Crippen LogP contribution >= 0.6 is 0 Å². The first kappa shape index (κ1) is 14.4. The Morgan fingerprint density at radius 1 is 1.42 bits per heavy atom. The van der Waals surface area contributed by atoms with E-state index in [2.05, 4.69) is 5.32 Å². The quantitative estimate of drug-likeness (QED) is 0.892. The lowest BCUT2D eigenvalue weighted by Gasteiger charge is -2.24. The number of methoxy groups -OCH3 is 1. The van der Waals surface area contributed by atoms with Gasteiger partial charge in [-0.25, -0.2) is 8.78 Å². The number of hydrogen-bond acceptors (Lipinski definition) is 3. The van der Waals surface area contributed by atoms with Gasteiger partial charge in [0.15, 0.2) is 11.6 Å². The summed E-state index contributed by atoms with van der Waals surface area (Å²) in [6.45, 7) is 3.23. The minimum absolute atomic E-state index is 0.0926. The molecule has 106 valence electrons. The molecule has 1 N–H and O–H groups in total. The van der Waals surface area contributed by atoms with Crippen molar-refractivity contribution in [1.29, 1.82) is 0 Å². The van der Waals surface area contributed by atoms with Crippen molar-refractivity contribution in [2.45, 2.75) is 31.5 Å². The monoisotopic (exact) mass is 271 g/mol.